The molecule has 0 spiro atoms. The minimum Gasteiger partial charge on any atom is -0.460 e. The van der Waals surface area contributed by atoms with E-state index in [0.29, 0.717) is 11.3 Å². The zero-order valence-corrected chi connectivity index (χ0v) is 9.55. The standard InChI is InChI=1S/C12H14O5/c1-10(2)12(13)14-8-9-15-17-16-11-6-4-3-5-7-11/h3-7H,1,8-9H2,2H3. The first kappa shape index (κ1) is 13.2. The number of ether oxygens (including phenoxy) is 1. The van der Waals surface area contributed by atoms with Gasteiger partial charge in [0.15, 0.2) is 5.75 Å². The third-order valence-electron chi connectivity index (χ3n) is 1.67. The highest BCUT2D eigenvalue weighted by molar-refractivity contribution is 5.86. The fourth-order valence-corrected chi connectivity index (χ4v) is 0.865. The molecular formula is C12H14O5. The van der Waals surface area contributed by atoms with E-state index >= 15 is 0 Å². The van der Waals surface area contributed by atoms with Crippen LogP contribution in [-0.2, 0) is 19.5 Å². The van der Waals surface area contributed by atoms with Gasteiger partial charge in [0.25, 0.3) is 0 Å². The predicted octanol–water partition coefficient (Wildman–Crippen LogP) is 2.05. The fourth-order valence-electron chi connectivity index (χ4n) is 0.865. The molecule has 0 saturated carbocycles. The molecule has 5 heteroatoms. The minimum absolute atomic E-state index is 0.0733. The summed E-state index contributed by atoms with van der Waals surface area (Å²) in [6.07, 6.45) is 0. The molecule has 0 unspecified atom stereocenters. The second-order valence-electron chi connectivity index (χ2n) is 3.20. The minimum atomic E-state index is -0.461. The summed E-state index contributed by atoms with van der Waals surface area (Å²) in [4.78, 5) is 20.4. The summed E-state index contributed by atoms with van der Waals surface area (Å²) in [7, 11) is 0. The van der Waals surface area contributed by atoms with Gasteiger partial charge in [0.05, 0.1) is 0 Å². The molecule has 1 rings (SSSR count). The molecule has 1 aromatic carbocycles. The quantitative estimate of drug-likeness (QED) is 0.239. The van der Waals surface area contributed by atoms with Crippen molar-refractivity contribution in [3.05, 3.63) is 42.5 Å². The van der Waals surface area contributed by atoms with E-state index in [-0.39, 0.29) is 13.2 Å². The highest BCUT2D eigenvalue weighted by Crippen LogP contribution is 2.08. The molecule has 0 atom stereocenters. The molecule has 0 aliphatic heterocycles. The molecule has 92 valence electrons. The number of hydrogen-bond donors (Lipinski definition) is 0. The van der Waals surface area contributed by atoms with Gasteiger partial charge in [-0.3, -0.25) is 0 Å². The van der Waals surface area contributed by atoms with E-state index in [0.717, 1.165) is 0 Å². The second-order valence-corrected chi connectivity index (χ2v) is 3.20. The van der Waals surface area contributed by atoms with Gasteiger partial charge in [-0.15, -0.1) is 0 Å². The summed E-state index contributed by atoms with van der Waals surface area (Å²) < 4.78 is 4.76. The molecule has 0 amide bonds. The molecule has 0 bridgehead atoms. The van der Waals surface area contributed by atoms with Crippen LogP contribution >= 0.6 is 0 Å². The first-order valence-electron chi connectivity index (χ1n) is 5.04. The van der Waals surface area contributed by atoms with Crippen LogP contribution in [0.25, 0.3) is 0 Å². The largest absolute Gasteiger partial charge is 0.460 e. The van der Waals surface area contributed by atoms with Crippen LogP contribution in [0.1, 0.15) is 6.92 Å². The number of carbonyl (C=O) groups excluding carboxylic acids is 1. The average molecular weight is 238 g/mol. The maximum Gasteiger partial charge on any atom is 0.333 e. The summed E-state index contributed by atoms with van der Waals surface area (Å²) in [6, 6.07) is 8.88. The number of rotatable bonds is 7. The Labute approximate surface area is 99.4 Å². The van der Waals surface area contributed by atoms with Crippen LogP contribution in [-0.4, -0.2) is 19.2 Å². The number of benzene rings is 1. The van der Waals surface area contributed by atoms with Crippen LogP contribution < -0.4 is 4.89 Å². The lowest BCUT2D eigenvalue weighted by molar-refractivity contribution is -0.466. The molecule has 0 heterocycles. The fraction of sp³-hybridized carbons (Fsp3) is 0.250. The number of esters is 1. The van der Waals surface area contributed by atoms with Crippen molar-refractivity contribution < 1.29 is 24.3 Å². The maximum atomic E-state index is 10.9. The van der Waals surface area contributed by atoms with Crippen LogP contribution in [0.2, 0.25) is 0 Å². The Balaban J connectivity index is 2.02. The van der Waals surface area contributed by atoms with Crippen molar-refractivity contribution >= 4 is 5.97 Å². The Bertz CT molecular complexity index is 360. The molecule has 0 saturated heterocycles. The van der Waals surface area contributed by atoms with Gasteiger partial charge in [-0.25, -0.2) is 4.79 Å². The van der Waals surface area contributed by atoms with Crippen molar-refractivity contribution in [2.24, 2.45) is 0 Å². The molecule has 0 N–H and O–H groups in total. The topological polar surface area (TPSA) is 54.0 Å². The molecule has 0 aliphatic carbocycles. The van der Waals surface area contributed by atoms with Crippen LogP contribution in [0.3, 0.4) is 0 Å². The molecule has 17 heavy (non-hydrogen) atoms. The summed E-state index contributed by atoms with van der Waals surface area (Å²) in [6.45, 7) is 5.15. The first-order valence-corrected chi connectivity index (χ1v) is 5.04. The Morgan fingerprint density at radius 2 is 1.94 bits per heavy atom. The van der Waals surface area contributed by atoms with Gasteiger partial charge in [0.1, 0.15) is 13.2 Å². The summed E-state index contributed by atoms with van der Waals surface area (Å²) in [5.41, 5.74) is 0.339. The van der Waals surface area contributed by atoms with Crippen molar-refractivity contribution in [1.29, 1.82) is 0 Å². The van der Waals surface area contributed by atoms with Crippen LogP contribution in [0.4, 0.5) is 0 Å². The Morgan fingerprint density at radius 1 is 1.24 bits per heavy atom. The Morgan fingerprint density at radius 3 is 2.59 bits per heavy atom. The zero-order valence-electron chi connectivity index (χ0n) is 9.55. The van der Waals surface area contributed by atoms with E-state index in [1.807, 2.05) is 6.07 Å². The predicted molar refractivity (Wildman–Crippen MR) is 59.9 cm³/mol. The van der Waals surface area contributed by atoms with E-state index in [4.69, 9.17) is 9.62 Å². The lowest BCUT2D eigenvalue weighted by atomic mass is 10.3. The number of carbonyl (C=O) groups is 1. The van der Waals surface area contributed by atoms with Crippen molar-refractivity contribution in [2.75, 3.05) is 13.2 Å². The van der Waals surface area contributed by atoms with E-state index in [2.05, 4.69) is 16.5 Å². The summed E-state index contributed by atoms with van der Waals surface area (Å²) >= 11 is 0. The number of hydrogen-bond acceptors (Lipinski definition) is 5. The normalized spacial score (nSPS) is 9.71. The Kier molecular flexibility index (Phi) is 5.77. The SMILES string of the molecule is C=C(C)C(=O)OCCOOOc1ccccc1. The van der Waals surface area contributed by atoms with Crippen LogP contribution in [0.5, 0.6) is 5.75 Å². The molecule has 0 fully saturated rings. The highest BCUT2D eigenvalue weighted by Gasteiger charge is 2.02. The molecular weight excluding hydrogens is 224 g/mol. The van der Waals surface area contributed by atoms with Crippen molar-refractivity contribution in [3.8, 4) is 5.75 Å². The monoisotopic (exact) mass is 238 g/mol. The van der Waals surface area contributed by atoms with E-state index in [9.17, 15) is 4.79 Å². The van der Waals surface area contributed by atoms with Gasteiger partial charge in [0, 0.05) is 5.57 Å². The van der Waals surface area contributed by atoms with Crippen molar-refractivity contribution in [3.63, 3.8) is 0 Å². The molecule has 0 aromatic heterocycles. The zero-order chi connectivity index (χ0) is 12.5. The van der Waals surface area contributed by atoms with Crippen LogP contribution in [0, 0.1) is 0 Å². The van der Waals surface area contributed by atoms with E-state index in [1.54, 1.807) is 31.2 Å². The van der Waals surface area contributed by atoms with Gasteiger partial charge < -0.3 is 9.62 Å². The van der Waals surface area contributed by atoms with Gasteiger partial charge in [-0.1, -0.05) is 24.8 Å². The number of para-hydroxylation sites is 1. The second kappa shape index (κ2) is 7.43. The molecule has 5 nitrogen and oxygen atoms in total. The average Bonchev–Trinajstić information content (AvgIpc) is 2.34. The van der Waals surface area contributed by atoms with Gasteiger partial charge in [-0.05, 0) is 24.1 Å². The lowest BCUT2D eigenvalue weighted by Gasteiger charge is -2.04. The third kappa shape index (κ3) is 5.70. The van der Waals surface area contributed by atoms with Crippen LogP contribution in [0.15, 0.2) is 42.5 Å². The summed E-state index contributed by atoms with van der Waals surface area (Å²) in [5.74, 6) is 0.0593. The summed E-state index contributed by atoms with van der Waals surface area (Å²) in [5, 5.41) is 4.45. The smallest absolute Gasteiger partial charge is 0.333 e. The van der Waals surface area contributed by atoms with E-state index < -0.39 is 5.97 Å². The van der Waals surface area contributed by atoms with Crippen molar-refractivity contribution in [1.82, 2.24) is 0 Å². The molecule has 0 aliphatic rings. The van der Waals surface area contributed by atoms with Gasteiger partial charge >= 0.3 is 5.97 Å². The van der Waals surface area contributed by atoms with E-state index in [1.165, 1.54) is 0 Å². The molecule has 1 aromatic rings. The molecule has 0 radical (unpaired) electrons. The lowest BCUT2D eigenvalue weighted by Crippen LogP contribution is -2.11. The first-order chi connectivity index (χ1) is 8.20. The van der Waals surface area contributed by atoms with Gasteiger partial charge in [0.2, 0.25) is 0 Å². The Hall–Kier alpha value is -1.85. The highest BCUT2D eigenvalue weighted by atomic mass is 17.5. The maximum absolute atomic E-state index is 10.9. The third-order valence-corrected chi connectivity index (χ3v) is 1.67. The van der Waals surface area contributed by atoms with Crippen molar-refractivity contribution in [2.45, 2.75) is 6.92 Å². The van der Waals surface area contributed by atoms with Gasteiger partial charge in [-0.2, -0.15) is 4.89 Å².